The summed E-state index contributed by atoms with van der Waals surface area (Å²) in [6.45, 7) is 1.42. The average Bonchev–Trinajstić information content (AvgIpc) is 3.16. The van der Waals surface area contributed by atoms with Crippen LogP contribution in [0.5, 0.6) is 0 Å². The van der Waals surface area contributed by atoms with Gasteiger partial charge in [-0.15, -0.1) is 0 Å². The van der Waals surface area contributed by atoms with Crippen LogP contribution >= 0.6 is 0 Å². The molecule has 0 unspecified atom stereocenters. The first-order chi connectivity index (χ1) is 12.1. The van der Waals surface area contributed by atoms with Gasteiger partial charge < -0.3 is 9.15 Å². The number of hydrazone groups is 1. The van der Waals surface area contributed by atoms with Gasteiger partial charge in [0.05, 0.1) is 30.6 Å². The SMILES string of the molecule is O=C(NN=Cc1ccco1)c1ccc(S(=O)(=O)N2CCOCC2)cc1. The molecule has 0 bridgehead atoms. The van der Waals surface area contributed by atoms with Gasteiger partial charge in [0, 0.05) is 18.7 Å². The largest absolute Gasteiger partial charge is 0.463 e. The number of hydrogen-bond acceptors (Lipinski definition) is 6. The number of benzene rings is 1. The van der Waals surface area contributed by atoms with E-state index < -0.39 is 15.9 Å². The van der Waals surface area contributed by atoms with E-state index in [4.69, 9.17) is 9.15 Å². The third-order valence-electron chi connectivity index (χ3n) is 3.63. The fraction of sp³-hybridized carbons (Fsp3) is 0.250. The smallest absolute Gasteiger partial charge is 0.271 e. The molecule has 1 saturated heterocycles. The van der Waals surface area contributed by atoms with Crippen LogP contribution < -0.4 is 5.43 Å². The van der Waals surface area contributed by atoms with E-state index in [1.54, 1.807) is 12.1 Å². The van der Waals surface area contributed by atoms with E-state index in [1.807, 2.05) is 0 Å². The molecule has 2 aromatic rings. The van der Waals surface area contributed by atoms with Gasteiger partial charge in [0.15, 0.2) is 0 Å². The molecule has 0 aliphatic carbocycles. The number of rotatable bonds is 5. The van der Waals surface area contributed by atoms with Crippen molar-refractivity contribution in [2.45, 2.75) is 4.90 Å². The molecule has 0 spiro atoms. The Balaban J connectivity index is 1.66. The number of furan rings is 1. The van der Waals surface area contributed by atoms with Gasteiger partial charge in [-0.3, -0.25) is 4.79 Å². The number of ether oxygens (including phenoxy) is 1. The van der Waals surface area contributed by atoms with Crippen LogP contribution in [0.2, 0.25) is 0 Å². The monoisotopic (exact) mass is 363 g/mol. The molecule has 0 atom stereocenters. The number of morpholine rings is 1. The van der Waals surface area contributed by atoms with E-state index in [1.165, 1.54) is 41.0 Å². The minimum Gasteiger partial charge on any atom is -0.463 e. The summed E-state index contributed by atoms with van der Waals surface area (Å²) in [7, 11) is -3.57. The van der Waals surface area contributed by atoms with Crippen LogP contribution in [-0.4, -0.2) is 51.1 Å². The number of hydrogen-bond donors (Lipinski definition) is 1. The summed E-state index contributed by atoms with van der Waals surface area (Å²) in [6, 6.07) is 9.12. The fourth-order valence-corrected chi connectivity index (χ4v) is 3.71. The lowest BCUT2D eigenvalue weighted by molar-refractivity contribution is 0.0730. The zero-order valence-corrected chi connectivity index (χ0v) is 14.1. The Morgan fingerprint density at radius 2 is 1.88 bits per heavy atom. The molecule has 2 heterocycles. The van der Waals surface area contributed by atoms with Gasteiger partial charge in [0.1, 0.15) is 5.76 Å². The first-order valence-electron chi connectivity index (χ1n) is 7.62. The van der Waals surface area contributed by atoms with Crippen molar-refractivity contribution in [2.75, 3.05) is 26.3 Å². The highest BCUT2D eigenvalue weighted by atomic mass is 32.2. The van der Waals surface area contributed by atoms with Crippen molar-refractivity contribution in [2.24, 2.45) is 5.10 Å². The normalized spacial score (nSPS) is 16.2. The van der Waals surface area contributed by atoms with Crippen molar-refractivity contribution in [3.8, 4) is 0 Å². The first kappa shape index (κ1) is 17.3. The molecule has 1 fully saturated rings. The van der Waals surface area contributed by atoms with Crippen LogP contribution in [0.3, 0.4) is 0 Å². The summed E-state index contributed by atoms with van der Waals surface area (Å²) in [5.74, 6) is 0.0605. The Bertz CT molecular complexity index is 838. The maximum absolute atomic E-state index is 12.5. The van der Waals surface area contributed by atoms with Gasteiger partial charge in [-0.1, -0.05) is 0 Å². The average molecular weight is 363 g/mol. The van der Waals surface area contributed by atoms with Gasteiger partial charge >= 0.3 is 0 Å². The van der Waals surface area contributed by atoms with Gasteiger partial charge in [0.25, 0.3) is 5.91 Å². The number of nitrogens with zero attached hydrogens (tertiary/aromatic N) is 2. The molecule has 1 aliphatic rings. The van der Waals surface area contributed by atoms with Crippen molar-refractivity contribution in [1.82, 2.24) is 9.73 Å². The molecule has 0 radical (unpaired) electrons. The highest BCUT2D eigenvalue weighted by Gasteiger charge is 2.26. The second-order valence-corrected chi connectivity index (χ2v) is 7.19. The number of sulfonamides is 1. The van der Waals surface area contributed by atoms with Crippen LogP contribution in [0.15, 0.2) is 57.1 Å². The summed E-state index contributed by atoms with van der Waals surface area (Å²) in [6.07, 6.45) is 2.87. The summed E-state index contributed by atoms with van der Waals surface area (Å²) >= 11 is 0. The molecule has 1 aromatic carbocycles. The van der Waals surface area contributed by atoms with E-state index in [0.29, 0.717) is 37.6 Å². The zero-order valence-electron chi connectivity index (χ0n) is 13.3. The molecule has 0 saturated carbocycles. The van der Waals surface area contributed by atoms with Crippen LogP contribution in [0.25, 0.3) is 0 Å². The van der Waals surface area contributed by atoms with E-state index in [9.17, 15) is 13.2 Å². The number of carbonyl (C=O) groups is 1. The number of carbonyl (C=O) groups excluding carboxylic acids is 1. The minimum atomic E-state index is -3.57. The maximum Gasteiger partial charge on any atom is 0.271 e. The molecule has 1 amide bonds. The Hall–Kier alpha value is -2.49. The van der Waals surface area contributed by atoms with Crippen LogP contribution in [-0.2, 0) is 14.8 Å². The van der Waals surface area contributed by atoms with Crippen molar-refractivity contribution < 1.29 is 22.4 Å². The van der Waals surface area contributed by atoms with Gasteiger partial charge in [-0.05, 0) is 36.4 Å². The quantitative estimate of drug-likeness (QED) is 0.632. The van der Waals surface area contributed by atoms with E-state index in [2.05, 4.69) is 10.5 Å². The van der Waals surface area contributed by atoms with E-state index in [0.717, 1.165) is 0 Å². The Labute approximate surface area is 145 Å². The van der Waals surface area contributed by atoms with E-state index in [-0.39, 0.29) is 4.90 Å². The highest BCUT2D eigenvalue weighted by Crippen LogP contribution is 2.17. The van der Waals surface area contributed by atoms with Crippen molar-refractivity contribution >= 4 is 22.1 Å². The second kappa shape index (κ2) is 7.60. The molecule has 1 N–H and O–H groups in total. The molecule has 25 heavy (non-hydrogen) atoms. The molecular formula is C16H17N3O5S. The summed E-state index contributed by atoms with van der Waals surface area (Å²) in [4.78, 5) is 12.1. The minimum absolute atomic E-state index is 0.144. The zero-order chi connectivity index (χ0) is 17.7. The molecular weight excluding hydrogens is 346 g/mol. The standard InChI is InChI=1S/C16H17N3O5S/c20-16(18-17-12-14-2-1-9-24-14)13-3-5-15(6-4-13)25(21,22)19-7-10-23-11-8-19/h1-6,9,12H,7-8,10-11H2,(H,18,20). The van der Waals surface area contributed by atoms with E-state index >= 15 is 0 Å². The summed E-state index contributed by atoms with van der Waals surface area (Å²) in [5.41, 5.74) is 2.66. The predicted molar refractivity (Wildman–Crippen MR) is 89.8 cm³/mol. The van der Waals surface area contributed by atoms with Crippen molar-refractivity contribution in [1.29, 1.82) is 0 Å². The third-order valence-corrected chi connectivity index (χ3v) is 5.54. The first-order valence-corrected chi connectivity index (χ1v) is 9.06. The lowest BCUT2D eigenvalue weighted by atomic mass is 10.2. The maximum atomic E-state index is 12.5. The van der Waals surface area contributed by atoms with Gasteiger partial charge in [0.2, 0.25) is 10.0 Å². The lowest BCUT2D eigenvalue weighted by Crippen LogP contribution is -2.40. The van der Waals surface area contributed by atoms with Crippen molar-refractivity contribution in [3.05, 3.63) is 54.0 Å². The molecule has 9 heteroatoms. The highest BCUT2D eigenvalue weighted by molar-refractivity contribution is 7.89. The fourth-order valence-electron chi connectivity index (χ4n) is 2.30. The van der Waals surface area contributed by atoms with Gasteiger partial charge in [-0.2, -0.15) is 9.41 Å². The van der Waals surface area contributed by atoms with Crippen molar-refractivity contribution in [3.63, 3.8) is 0 Å². The second-order valence-electron chi connectivity index (χ2n) is 5.26. The number of amides is 1. The third kappa shape index (κ3) is 4.13. The van der Waals surface area contributed by atoms with Crippen LogP contribution in [0, 0.1) is 0 Å². The van der Waals surface area contributed by atoms with Gasteiger partial charge in [-0.25, -0.2) is 13.8 Å². The molecule has 1 aromatic heterocycles. The Kier molecular flexibility index (Phi) is 5.27. The Morgan fingerprint density at radius 1 is 1.16 bits per heavy atom. The summed E-state index contributed by atoms with van der Waals surface area (Å²) in [5, 5.41) is 3.78. The lowest BCUT2D eigenvalue weighted by Gasteiger charge is -2.26. The molecule has 1 aliphatic heterocycles. The molecule has 8 nitrogen and oxygen atoms in total. The van der Waals surface area contributed by atoms with Crippen LogP contribution in [0.4, 0.5) is 0 Å². The van der Waals surface area contributed by atoms with Crippen LogP contribution in [0.1, 0.15) is 16.1 Å². The molecule has 132 valence electrons. The molecule has 3 rings (SSSR count). The predicted octanol–water partition coefficient (Wildman–Crippen LogP) is 1.06. The Morgan fingerprint density at radius 3 is 2.52 bits per heavy atom. The summed E-state index contributed by atoms with van der Waals surface area (Å²) < 4.78 is 36.6. The topological polar surface area (TPSA) is 101 Å². The number of nitrogens with one attached hydrogen (secondary N) is 1.